The van der Waals surface area contributed by atoms with Gasteiger partial charge < -0.3 is 10.2 Å². The molecule has 0 atom stereocenters. The summed E-state index contributed by atoms with van der Waals surface area (Å²) in [5.41, 5.74) is 2.56. The maximum atomic E-state index is 12.7. The van der Waals surface area contributed by atoms with Crippen LogP contribution in [-0.4, -0.2) is 34.9 Å². The molecule has 152 valence electrons. The molecule has 30 heavy (non-hydrogen) atoms. The fraction of sp³-hybridized carbons (Fsp3) is 0.174. The van der Waals surface area contributed by atoms with Crippen LogP contribution >= 0.6 is 11.6 Å². The van der Waals surface area contributed by atoms with E-state index in [2.05, 4.69) is 10.3 Å². The second kappa shape index (κ2) is 8.97. The number of urea groups is 1. The first-order chi connectivity index (χ1) is 14.6. The number of pyridine rings is 1. The molecule has 1 fully saturated rings. The maximum Gasteiger partial charge on any atom is 0.326 e. The Morgan fingerprint density at radius 1 is 0.967 bits per heavy atom. The molecule has 1 saturated heterocycles. The summed E-state index contributed by atoms with van der Waals surface area (Å²) in [7, 11) is 0. The molecule has 7 heteroatoms. The maximum absolute atomic E-state index is 12.7. The van der Waals surface area contributed by atoms with Crippen LogP contribution in [-0.2, 0) is 17.8 Å². The molecule has 6 nitrogen and oxygen atoms in total. The molecule has 1 N–H and O–H groups in total. The number of amides is 3. The highest BCUT2D eigenvalue weighted by Gasteiger charge is 2.30. The summed E-state index contributed by atoms with van der Waals surface area (Å²) in [6, 6.07) is 20.5. The second-order valence-electron chi connectivity index (χ2n) is 7.10. The third-order valence-corrected chi connectivity index (χ3v) is 5.15. The van der Waals surface area contributed by atoms with Gasteiger partial charge in [0.2, 0.25) is 5.91 Å². The highest BCUT2D eigenvalue weighted by Crippen LogP contribution is 2.21. The predicted octanol–water partition coefficient (Wildman–Crippen LogP) is 4.36. The minimum Gasteiger partial charge on any atom is -0.324 e. The lowest BCUT2D eigenvalue weighted by Crippen LogP contribution is -2.31. The molecule has 0 spiro atoms. The van der Waals surface area contributed by atoms with E-state index in [9.17, 15) is 9.59 Å². The first kappa shape index (κ1) is 19.9. The molecule has 0 radical (unpaired) electrons. The third-order valence-electron chi connectivity index (χ3n) is 4.90. The van der Waals surface area contributed by atoms with E-state index in [1.807, 2.05) is 42.5 Å². The highest BCUT2D eigenvalue weighted by atomic mass is 35.5. The summed E-state index contributed by atoms with van der Waals surface area (Å²) in [4.78, 5) is 32.8. The number of rotatable bonds is 6. The molecular formula is C23H21ClN4O2. The fourth-order valence-electron chi connectivity index (χ4n) is 3.36. The van der Waals surface area contributed by atoms with Crippen molar-refractivity contribution >= 4 is 35.0 Å². The molecule has 0 bridgehead atoms. The van der Waals surface area contributed by atoms with Crippen LogP contribution in [0.25, 0.3) is 0 Å². The van der Waals surface area contributed by atoms with Crippen LogP contribution in [0.2, 0.25) is 5.02 Å². The van der Waals surface area contributed by atoms with E-state index in [-0.39, 0.29) is 18.4 Å². The second-order valence-corrected chi connectivity index (χ2v) is 7.53. The van der Waals surface area contributed by atoms with Gasteiger partial charge in [0.1, 0.15) is 5.82 Å². The Morgan fingerprint density at radius 2 is 1.73 bits per heavy atom. The first-order valence-electron chi connectivity index (χ1n) is 9.69. The van der Waals surface area contributed by atoms with Crippen LogP contribution in [0.4, 0.5) is 16.3 Å². The molecule has 0 aliphatic carbocycles. The minimum atomic E-state index is -0.141. The topological polar surface area (TPSA) is 65.5 Å². The van der Waals surface area contributed by atoms with Gasteiger partial charge in [-0.05, 0) is 35.4 Å². The number of carbonyl (C=O) groups excluding carboxylic acids is 2. The standard InChI is InChI=1S/C23H21ClN4O2/c24-19-8-6-17(7-9-19)14-22(29)26-20-10-11-21(25-15-20)28-13-12-27(23(28)30)16-18-4-2-1-3-5-18/h1-11,15H,12-14,16H2,(H,26,29). The van der Waals surface area contributed by atoms with Crippen molar-refractivity contribution in [2.24, 2.45) is 0 Å². The Morgan fingerprint density at radius 3 is 2.43 bits per heavy atom. The van der Waals surface area contributed by atoms with Gasteiger partial charge in [-0.25, -0.2) is 9.78 Å². The van der Waals surface area contributed by atoms with Gasteiger partial charge in [0, 0.05) is 24.7 Å². The molecule has 3 amide bonds. The van der Waals surface area contributed by atoms with Gasteiger partial charge in [0.05, 0.1) is 18.3 Å². The van der Waals surface area contributed by atoms with Gasteiger partial charge in [0.15, 0.2) is 0 Å². The lowest BCUT2D eigenvalue weighted by atomic mass is 10.1. The summed E-state index contributed by atoms with van der Waals surface area (Å²) in [6.07, 6.45) is 1.82. The number of hydrogen-bond donors (Lipinski definition) is 1. The fourth-order valence-corrected chi connectivity index (χ4v) is 3.48. The summed E-state index contributed by atoms with van der Waals surface area (Å²) >= 11 is 5.87. The van der Waals surface area contributed by atoms with Gasteiger partial charge in [0.25, 0.3) is 0 Å². The lowest BCUT2D eigenvalue weighted by molar-refractivity contribution is -0.115. The van der Waals surface area contributed by atoms with Crippen LogP contribution < -0.4 is 10.2 Å². The number of nitrogens with zero attached hydrogens (tertiary/aromatic N) is 3. The van der Waals surface area contributed by atoms with Crippen molar-refractivity contribution in [3.05, 3.63) is 89.1 Å². The molecule has 1 aliphatic heterocycles. The monoisotopic (exact) mass is 420 g/mol. The zero-order valence-electron chi connectivity index (χ0n) is 16.3. The van der Waals surface area contributed by atoms with Gasteiger partial charge in [-0.3, -0.25) is 9.69 Å². The van der Waals surface area contributed by atoms with Gasteiger partial charge in [-0.15, -0.1) is 0 Å². The molecule has 3 aromatic rings. The summed E-state index contributed by atoms with van der Waals surface area (Å²) in [5.74, 6) is 0.435. The van der Waals surface area contributed by atoms with Crippen molar-refractivity contribution in [2.75, 3.05) is 23.3 Å². The van der Waals surface area contributed by atoms with Crippen molar-refractivity contribution in [1.82, 2.24) is 9.88 Å². The number of anilines is 2. The van der Waals surface area contributed by atoms with Crippen molar-refractivity contribution in [3.8, 4) is 0 Å². The van der Waals surface area contributed by atoms with Crippen LogP contribution in [0.1, 0.15) is 11.1 Å². The lowest BCUT2D eigenvalue weighted by Gasteiger charge is -2.18. The van der Waals surface area contributed by atoms with Crippen molar-refractivity contribution in [3.63, 3.8) is 0 Å². The number of hydrogen-bond acceptors (Lipinski definition) is 3. The number of carbonyl (C=O) groups is 2. The first-order valence-corrected chi connectivity index (χ1v) is 10.1. The third kappa shape index (κ3) is 4.78. The van der Waals surface area contributed by atoms with E-state index in [1.165, 1.54) is 0 Å². The predicted molar refractivity (Wildman–Crippen MR) is 118 cm³/mol. The molecule has 0 unspecified atom stereocenters. The zero-order chi connectivity index (χ0) is 20.9. The van der Waals surface area contributed by atoms with Crippen LogP contribution in [0.3, 0.4) is 0 Å². The summed E-state index contributed by atoms with van der Waals surface area (Å²) < 4.78 is 0. The molecule has 0 saturated carbocycles. The van der Waals surface area contributed by atoms with Crippen LogP contribution in [0, 0.1) is 0 Å². The van der Waals surface area contributed by atoms with E-state index in [1.54, 1.807) is 40.3 Å². The molecule has 2 heterocycles. The highest BCUT2D eigenvalue weighted by molar-refractivity contribution is 6.30. The van der Waals surface area contributed by atoms with E-state index < -0.39 is 0 Å². The van der Waals surface area contributed by atoms with Crippen LogP contribution in [0.5, 0.6) is 0 Å². The Kier molecular flexibility index (Phi) is 5.95. The summed E-state index contributed by atoms with van der Waals surface area (Å²) in [5, 5.41) is 3.46. The van der Waals surface area contributed by atoms with E-state index >= 15 is 0 Å². The Hall–Kier alpha value is -3.38. The molecule has 1 aromatic heterocycles. The van der Waals surface area contributed by atoms with Gasteiger partial charge >= 0.3 is 6.03 Å². The zero-order valence-corrected chi connectivity index (χ0v) is 17.0. The van der Waals surface area contributed by atoms with E-state index in [0.29, 0.717) is 36.2 Å². The van der Waals surface area contributed by atoms with Gasteiger partial charge in [-0.2, -0.15) is 0 Å². The number of benzene rings is 2. The normalized spacial score (nSPS) is 13.6. The molecule has 4 rings (SSSR count). The minimum absolute atomic E-state index is 0.0640. The largest absolute Gasteiger partial charge is 0.326 e. The van der Waals surface area contributed by atoms with Crippen molar-refractivity contribution in [2.45, 2.75) is 13.0 Å². The van der Waals surface area contributed by atoms with Crippen molar-refractivity contribution < 1.29 is 9.59 Å². The Balaban J connectivity index is 1.34. The Bertz CT molecular complexity index is 1020. The quantitative estimate of drug-likeness (QED) is 0.644. The Labute approximate surface area is 180 Å². The number of aromatic nitrogens is 1. The van der Waals surface area contributed by atoms with Crippen LogP contribution in [0.15, 0.2) is 72.9 Å². The number of nitrogens with one attached hydrogen (secondary N) is 1. The van der Waals surface area contributed by atoms with Gasteiger partial charge in [-0.1, -0.05) is 54.1 Å². The average molecular weight is 421 g/mol. The average Bonchev–Trinajstić information content (AvgIpc) is 3.11. The van der Waals surface area contributed by atoms with Crippen molar-refractivity contribution in [1.29, 1.82) is 0 Å². The molecule has 2 aromatic carbocycles. The number of halogens is 1. The SMILES string of the molecule is O=C(Cc1ccc(Cl)cc1)Nc1ccc(N2CCN(Cc3ccccc3)C2=O)nc1. The summed E-state index contributed by atoms with van der Waals surface area (Å²) in [6.45, 7) is 1.81. The smallest absolute Gasteiger partial charge is 0.324 e. The molecule has 1 aliphatic rings. The van der Waals surface area contributed by atoms with E-state index in [0.717, 1.165) is 11.1 Å². The van der Waals surface area contributed by atoms with E-state index in [4.69, 9.17) is 11.6 Å². The molecular weight excluding hydrogens is 400 g/mol.